The molecular formula is C17H25N5O3S. The van der Waals surface area contributed by atoms with Crippen LogP contribution in [0.15, 0.2) is 35.5 Å². The molecule has 2 N–H and O–H groups in total. The van der Waals surface area contributed by atoms with Gasteiger partial charge in [-0.25, -0.2) is 18.1 Å². The van der Waals surface area contributed by atoms with Crippen LogP contribution in [0.25, 0.3) is 0 Å². The van der Waals surface area contributed by atoms with Crippen molar-refractivity contribution in [1.82, 2.24) is 24.5 Å². The maximum atomic E-state index is 12.2. The van der Waals surface area contributed by atoms with E-state index < -0.39 is 15.9 Å². The number of hydrogen-bond acceptors (Lipinski definition) is 5. The quantitative estimate of drug-likeness (QED) is 0.691. The molecule has 26 heavy (non-hydrogen) atoms. The fourth-order valence-electron chi connectivity index (χ4n) is 2.37. The van der Waals surface area contributed by atoms with Gasteiger partial charge in [0.15, 0.2) is 5.03 Å². The predicted molar refractivity (Wildman–Crippen MR) is 98.8 cm³/mol. The topological polar surface area (TPSA) is 96.3 Å². The number of imidazole rings is 1. The van der Waals surface area contributed by atoms with E-state index in [-0.39, 0.29) is 11.6 Å². The number of amides is 1. The van der Waals surface area contributed by atoms with E-state index in [2.05, 4.69) is 15.0 Å². The van der Waals surface area contributed by atoms with E-state index in [0.717, 1.165) is 17.7 Å². The lowest BCUT2D eigenvalue weighted by Crippen LogP contribution is -2.37. The van der Waals surface area contributed by atoms with Crippen LogP contribution in [-0.4, -0.2) is 49.4 Å². The van der Waals surface area contributed by atoms with Crippen molar-refractivity contribution in [2.24, 2.45) is 7.05 Å². The van der Waals surface area contributed by atoms with Crippen molar-refractivity contribution in [1.29, 1.82) is 0 Å². The van der Waals surface area contributed by atoms with Gasteiger partial charge in [0.2, 0.25) is 5.91 Å². The average molecular weight is 379 g/mol. The van der Waals surface area contributed by atoms with Crippen molar-refractivity contribution in [3.8, 4) is 0 Å². The van der Waals surface area contributed by atoms with Crippen LogP contribution in [-0.2, 0) is 35.0 Å². The van der Waals surface area contributed by atoms with E-state index in [1.165, 1.54) is 6.20 Å². The number of benzene rings is 1. The number of sulfonamides is 1. The molecule has 1 aromatic heterocycles. The number of nitrogens with one attached hydrogen (secondary N) is 2. The summed E-state index contributed by atoms with van der Waals surface area (Å²) in [5.41, 5.74) is 2.11. The maximum Gasteiger partial charge on any atom is 0.260 e. The fraction of sp³-hybridized carbons (Fsp3) is 0.412. The number of carbonyl (C=O) groups is 1. The van der Waals surface area contributed by atoms with Gasteiger partial charge < -0.3 is 14.8 Å². The molecule has 0 unspecified atom stereocenters. The zero-order valence-electron chi connectivity index (χ0n) is 15.5. The smallest absolute Gasteiger partial charge is 0.260 e. The molecule has 0 saturated heterocycles. The van der Waals surface area contributed by atoms with Crippen LogP contribution in [0.3, 0.4) is 0 Å². The van der Waals surface area contributed by atoms with Gasteiger partial charge in [0, 0.05) is 26.3 Å². The highest BCUT2D eigenvalue weighted by Crippen LogP contribution is 2.10. The van der Waals surface area contributed by atoms with E-state index in [0.29, 0.717) is 12.4 Å². The van der Waals surface area contributed by atoms with Gasteiger partial charge in [-0.05, 0) is 32.1 Å². The van der Waals surface area contributed by atoms with Gasteiger partial charge in [-0.1, -0.05) is 24.3 Å². The van der Waals surface area contributed by atoms with E-state index in [1.807, 2.05) is 43.3 Å². The van der Waals surface area contributed by atoms with Crippen molar-refractivity contribution in [3.63, 3.8) is 0 Å². The number of carbonyl (C=O) groups excluding carboxylic acids is 1. The molecule has 8 nitrogen and oxygen atoms in total. The molecule has 9 heteroatoms. The molecule has 1 aromatic carbocycles. The molecule has 0 fully saturated rings. The highest BCUT2D eigenvalue weighted by Gasteiger charge is 2.19. The first-order valence-corrected chi connectivity index (χ1v) is 9.65. The summed E-state index contributed by atoms with van der Waals surface area (Å²) >= 11 is 0. The molecule has 1 heterocycles. The Hall–Kier alpha value is -2.23. The second-order valence-corrected chi connectivity index (χ2v) is 8.06. The minimum absolute atomic E-state index is 0.0957. The fourth-order valence-corrected chi connectivity index (χ4v) is 3.39. The molecule has 0 spiro atoms. The van der Waals surface area contributed by atoms with Gasteiger partial charge in [-0.3, -0.25) is 4.79 Å². The first-order chi connectivity index (χ1) is 12.2. The molecule has 1 amide bonds. The normalized spacial score (nSPS) is 11.7. The molecule has 2 rings (SSSR count). The van der Waals surface area contributed by atoms with Crippen molar-refractivity contribution in [2.45, 2.75) is 25.0 Å². The van der Waals surface area contributed by atoms with Crippen molar-refractivity contribution < 1.29 is 13.2 Å². The summed E-state index contributed by atoms with van der Waals surface area (Å²) in [6, 6.07) is 7.81. The highest BCUT2D eigenvalue weighted by atomic mass is 32.2. The van der Waals surface area contributed by atoms with Crippen LogP contribution >= 0.6 is 0 Å². The van der Waals surface area contributed by atoms with E-state index >= 15 is 0 Å². The van der Waals surface area contributed by atoms with Crippen LogP contribution < -0.4 is 10.0 Å². The van der Waals surface area contributed by atoms with Crippen LogP contribution in [0, 0.1) is 6.92 Å². The third-order valence-electron chi connectivity index (χ3n) is 3.87. The Morgan fingerprint density at radius 2 is 1.88 bits per heavy atom. The minimum Gasteiger partial charge on any atom is -0.351 e. The molecule has 0 aliphatic heterocycles. The van der Waals surface area contributed by atoms with Crippen LogP contribution in [0.1, 0.15) is 17.0 Å². The van der Waals surface area contributed by atoms with Gasteiger partial charge in [0.1, 0.15) is 5.82 Å². The monoisotopic (exact) mass is 379 g/mol. The molecule has 0 aliphatic carbocycles. The van der Waals surface area contributed by atoms with E-state index in [9.17, 15) is 13.2 Å². The summed E-state index contributed by atoms with van der Waals surface area (Å²) in [6.07, 6.45) is 1.41. The summed E-state index contributed by atoms with van der Waals surface area (Å²) in [4.78, 5) is 18.0. The summed E-state index contributed by atoms with van der Waals surface area (Å²) in [5.74, 6) is 0.174. The van der Waals surface area contributed by atoms with Gasteiger partial charge in [0.05, 0.1) is 6.54 Å². The Labute approximate surface area is 154 Å². The van der Waals surface area contributed by atoms with Crippen LogP contribution in [0.4, 0.5) is 0 Å². The van der Waals surface area contributed by atoms with E-state index in [1.54, 1.807) is 18.5 Å². The molecule has 2 aromatic rings. The molecule has 0 radical (unpaired) electrons. The lowest BCUT2D eigenvalue weighted by atomic mass is 10.1. The van der Waals surface area contributed by atoms with Crippen molar-refractivity contribution in [3.05, 3.63) is 47.4 Å². The Morgan fingerprint density at radius 1 is 1.23 bits per heavy atom. The summed E-state index contributed by atoms with van der Waals surface area (Å²) in [5, 5.41) is 2.65. The molecule has 0 saturated carbocycles. The van der Waals surface area contributed by atoms with E-state index in [4.69, 9.17) is 0 Å². The third kappa shape index (κ3) is 5.38. The number of aromatic nitrogens is 2. The van der Waals surface area contributed by atoms with Crippen molar-refractivity contribution >= 4 is 15.9 Å². The van der Waals surface area contributed by atoms with Gasteiger partial charge >= 0.3 is 0 Å². The first-order valence-electron chi connectivity index (χ1n) is 8.17. The number of hydrogen-bond donors (Lipinski definition) is 2. The summed E-state index contributed by atoms with van der Waals surface area (Å²) < 4.78 is 28.2. The Balaban J connectivity index is 1.92. The number of aryl methyl sites for hydroxylation is 2. The summed E-state index contributed by atoms with van der Waals surface area (Å²) in [6.45, 7) is 2.47. The zero-order chi connectivity index (χ0) is 19.3. The Kier molecular flexibility index (Phi) is 6.52. The Bertz CT molecular complexity index is 855. The molecular weight excluding hydrogens is 354 g/mol. The SMILES string of the molecule is Cc1nc(S(=O)(=O)NCC(=O)NCc2ccccc2CN(C)C)cn1C. The number of rotatable bonds is 8. The van der Waals surface area contributed by atoms with Gasteiger partial charge in [-0.2, -0.15) is 0 Å². The predicted octanol–water partition coefficient (Wildman–Crippen LogP) is 0.385. The molecule has 0 bridgehead atoms. The largest absolute Gasteiger partial charge is 0.351 e. The second-order valence-electron chi connectivity index (χ2n) is 6.35. The third-order valence-corrected chi connectivity index (χ3v) is 5.14. The molecule has 0 aliphatic rings. The van der Waals surface area contributed by atoms with Crippen LogP contribution in [0.5, 0.6) is 0 Å². The second kappa shape index (κ2) is 8.43. The lowest BCUT2D eigenvalue weighted by Gasteiger charge is -2.14. The van der Waals surface area contributed by atoms with Crippen LogP contribution in [0.2, 0.25) is 0 Å². The van der Waals surface area contributed by atoms with Gasteiger partial charge in [0.25, 0.3) is 10.0 Å². The molecule has 0 atom stereocenters. The minimum atomic E-state index is -3.81. The van der Waals surface area contributed by atoms with Crippen molar-refractivity contribution in [2.75, 3.05) is 20.6 Å². The maximum absolute atomic E-state index is 12.2. The first kappa shape index (κ1) is 20.1. The lowest BCUT2D eigenvalue weighted by molar-refractivity contribution is -0.120. The van der Waals surface area contributed by atoms with Gasteiger partial charge in [-0.15, -0.1) is 0 Å². The highest BCUT2D eigenvalue weighted by molar-refractivity contribution is 7.89. The Morgan fingerprint density at radius 3 is 2.46 bits per heavy atom. The summed E-state index contributed by atoms with van der Waals surface area (Å²) in [7, 11) is 1.85. The molecule has 142 valence electrons. The average Bonchev–Trinajstić information content (AvgIpc) is 2.92. The number of nitrogens with zero attached hydrogens (tertiary/aromatic N) is 3. The standard InChI is InChI=1S/C17H25N5O3S/c1-13-20-17(12-22(13)4)26(24,25)19-10-16(23)18-9-14-7-5-6-8-15(14)11-21(2)3/h5-8,12,19H,9-11H2,1-4H3,(H,18,23). The zero-order valence-corrected chi connectivity index (χ0v) is 16.3.